The van der Waals surface area contributed by atoms with Gasteiger partial charge in [0.25, 0.3) is 0 Å². The number of benzene rings is 1. The van der Waals surface area contributed by atoms with E-state index in [9.17, 15) is 9.50 Å². The third-order valence-corrected chi connectivity index (χ3v) is 2.28. The molecule has 0 spiro atoms. The second-order valence-electron chi connectivity index (χ2n) is 3.08. The molecular formula is C10H13ClFNO2. The Morgan fingerprint density at radius 2 is 2.27 bits per heavy atom. The fourth-order valence-corrected chi connectivity index (χ4v) is 1.64. The van der Waals surface area contributed by atoms with Gasteiger partial charge in [-0.15, -0.1) is 0 Å². The number of ether oxygens (including phenoxy) is 1. The van der Waals surface area contributed by atoms with Gasteiger partial charge in [0.05, 0.1) is 18.2 Å². The molecule has 1 aromatic carbocycles. The van der Waals surface area contributed by atoms with Crippen LogP contribution in [0.2, 0.25) is 5.02 Å². The highest BCUT2D eigenvalue weighted by Gasteiger charge is 2.16. The first-order valence-corrected chi connectivity index (χ1v) is 4.83. The maximum atomic E-state index is 13.1. The highest BCUT2D eigenvalue weighted by Crippen LogP contribution is 2.33. The van der Waals surface area contributed by atoms with E-state index < -0.39 is 11.9 Å². The molecule has 2 N–H and O–H groups in total. The molecular weight excluding hydrogens is 221 g/mol. The molecule has 0 saturated carbocycles. The quantitative estimate of drug-likeness (QED) is 0.833. The minimum Gasteiger partial charge on any atom is -0.495 e. The fourth-order valence-electron chi connectivity index (χ4n) is 1.35. The molecule has 1 atom stereocenters. The van der Waals surface area contributed by atoms with E-state index in [1.807, 2.05) is 0 Å². The molecule has 15 heavy (non-hydrogen) atoms. The van der Waals surface area contributed by atoms with Crippen molar-refractivity contribution in [1.82, 2.24) is 5.32 Å². The van der Waals surface area contributed by atoms with Gasteiger partial charge in [-0.1, -0.05) is 11.6 Å². The molecule has 1 rings (SSSR count). The fraction of sp³-hybridized carbons (Fsp3) is 0.400. The first-order chi connectivity index (χ1) is 7.10. The number of methoxy groups -OCH3 is 1. The number of rotatable bonds is 4. The number of halogens is 2. The highest BCUT2D eigenvalue weighted by molar-refractivity contribution is 6.32. The number of hydrogen-bond donors (Lipinski definition) is 2. The van der Waals surface area contributed by atoms with Gasteiger partial charge < -0.3 is 15.2 Å². The number of likely N-dealkylation sites (N-methyl/N-ethyl adjacent to an activating group) is 1. The van der Waals surface area contributed by atoms with Gasteiger partial charge in [0, 0.05) is 12.1 Å². The first-order valence-electron chi connectivity index (χ1n) is 4.45. The lowest BCUT2D eigenvalue weighted by Gasteiger charge is -2.15. The van der Waals surface area contributed by atoms with E-state index in [0.29, 0.717) is 17.9 Å². The second-order valence-corrected chi connectivity index (χ2v) is 3.49. The molecule has 0 amide bonds. The lowest BCUT2D eigenvalue weighted by atomic mass is 10.1. The molecule has 0 heterocycles. The van der Waals surface area contributed by atoms with E-state index in [4.69, 9.17) is 16.3 Å². The third-order valence-electron chi connectivity index (χ3n) is 2.00. The molecule has 1 unspecified atom stereocenters. The molecule has 0 aromatic heterocycles. The molecule has 0 saturated heterocycles. The maximum absolute atomic E-state index is 13.1. The van der Waals surface area contributed by atoms with Crippen LogP contribution in [0, 0.1) is 5.82 Å². The lowest BCUT2D eigenvalue weighted by Crippen LogP contribution is -2.17. The van der Waals surface area contributed by atoms with Crippen LogP contribution in [0.25, 0.3) is 0 Å². The van der Waals surface area contributed by atoms with Crippen LogP contribution >= 0.6 is 11.6 Å². The Hall–Kier alpha value is -0.840. The Morgan fingerprint density at radius 1 is 1.60 bits per heavy atom. The molecule has 1 aromatic rings. The number of hydrogen-bond acceptors (Lipinski definition) is 3. The summed E-state index contributed by atoms with van der Waals surface area (Å²) in [6.07, 6.45) is -0.849. The monoisotopic (exact) mass is 233 g/mol. The van der Waals surface area contributed by atoms with Crippen molar-refractivity contribution in [2.75, 3.05) is 20.7 Å². The Morgan fingerprint density at radius 3 is 2.80 bits per heavy atom. The minimum absolute atomic E-state index is 0.155. The largest absolute Gasteiger partial charge is 0.495 e. The van der Waals surface area contributed by atoms with Crippen LogP contribution in [0.1, 0.15) is 11.7 Å². The number of aliphatic hydroxyl groups excluding tert-OH is 1. The van der Waals surface area contributed by atoms with Gasteiger partial charge in [-0.2, -0.15) is 0 Å². The summed E-state index contributed by atoms with van der Waals surface area (Å²) in [5.41, 5.74) is 0.344. The SMILES string of the molecule is CNCC(O)c1cc(F)cc(Cl)c1OC. The van der Waals surface area contributed by atoms with Crippen LogP contribution in [0.5, 0.6) is 5.75 Å². The number of nitrogens with one attached hydrogen (secondary N) is 1. The highest BCUT2D eigenvalue weighted by atomic mass is 35.5. The van der Waals surface area contributed by atoms with Crippen molar-refractivity contribution in [2.45, 2.75) is 6.10 Å². The van der Waals surface area contributed by atoms with Gasteiger partial charge >= 0.3 is 0 Å². The van der Waals surface area contributed by atoms with Crippen LogP contribution in [0.15, 0.2) is 12.1 Å². The molecule has 0 aliphatic carbocycles. The van der Waals surface area contributed by atoms with E-state index in [2.05, 4.69) is 5.32 Å². The zero-order valence-corrected chi connectivity index (χ0v) is 9.31. The van der Waals surface area contributed by atoms with Gasteiger partial charge in [0.2, 0.25) is 0 Å². The molecule has 5 heteroatoms. The summed E-state index contributed by atoms with van der Waals surface area (Å²) in [5, 5.41) is 12.7. The molecule has 0 bridgehead atoms. The van der Waals surface area contributed by atoms with E-state index in [1.165, 1.54) is 13.2 Å². The predicted octanol–water partition coefficient (Wildman–Crippen LogP) is 1.74. The van der Waals surface area contributed by atoms with E-state index in [0.717, 1.165) is 6.07 Å². The molecule has 0 radical (unpaired) electrons. The van der Waals surface area contributed by atoms with Gasteiger partial charge in [-0.05, 0) is 19.2 Å². The third kappa shape index (κ3) is 2.81. The Labute approximate surface area is 92.8 Å². The average Bonchev–Trinajstić information content (AvgIpc) is 2.17. The Kier molecular flexibility index (Phi) is 4.32. The van der Waals surface area contributed by atoms with Crippen LogP contribution in [0.3, 0.4) is 0 Å². The van der Waals surface area contributed by atoms with Crippen LogP contribution in [-0.2, 0) is 0 Å². The maximum Gasteiger partial charge on any atom is 0.143 e. The molecule has 0 fully saturated rings. The van der Waals surface area contributed by atoms with Crippen molar-refractivity contribution in [2.24, 2.45) is 0 Å². The summed E-state index contributed by atoms with van der Waals surface area (Å²) in [6, 6.07) is 2.36. The lowest BCUT2D eigenvalue weighted by molar-refractivity contribution is 0.173. The van der Waals surface area contributed by atoms with Crippen molar-refractivity contribution in [1.29, 1.82) is 0 Å². The summed E-state index contributed by atoms with van der Waals surface area (Å²) in [4.78, 5) is 0. The van der Waals surface area contributed by atoms with E-state index in [1.54, 1.807) is 7.05 Å². The predicted molar refractivity (Wildman–Crippen MR) is 56.8 cm³/mol. The molecule has 0 aliphatic rings. The number of aliphatic hydroxyl groups is 1. The van der Waals surface area contributed by atoms with Gasteiger partial charge in [-0.3, -0.25) is 0 Å². The molecule has 0 aliphatic heterocycles. The van der Waals surface area contributed by atoms with E-state index >= 15 is 0 Å². The summed E-state index contributed by atoms with van der Waals surface area (Å²) in [7, 11) is 3.12. The zero-order chi connectivity index (χ0) is 11.4. The van der Waals surface area contributed by atoms with Crippen LogP contribution < -0.4 is 10.1 Å². The minimum atomic E-state index is -0.849. The van der Waals surface area contributed by atoms with Crippen molar-refractivity contribution in [3.05, 3.63) is 28.5 Å². The molecule has 3 nitrogen and oxygen atoms in total. The van der Waals surface area contributed by atoms with Gasteiger partial charge in [-0.25, -0.2) is 4.39 Å². The van der Waals surface area contributed by atoms with Crippen molar-refractivity contribution in [3.8, 4) is 5.75 Å². The normalized spacial score (nSPS) is 12.6. The van der Waals surface area contributed by atoms with Crippen molar-refractivity contribution >= 4 is 11.6 Å². The summed E-state index contributed by atoms with van der Waals surface area (Å²) in [5.74, 6) is -0.188. The van der Waals surface area contributed by atoms with Gasteiger partial charge in [0.1, 0.15) is 11.6 Å². The standard InChI is InChI=1S/C10H13ClFNO2/c1-13-5-9(14)7-3-6(12)4-8(11)10(7)15-2/h3-4,9,13-14H,5H2,1-2H3. The molecule has 84 valence electrons. The average molecular weight is 234 g/mol. The first kappa shape index (κ1) is 12.2. The topological polar surface area (TPSA) is 41.5 Å². The zero-order valence-electron chi connectivity index (χ0n) is 8.55. The summed E-state index contributed by atoms with van der Waals surface area (Å²) < 4.78 is 18.1. The van der Waals surface area contributed by atoms with Crippen LogP contribution in [-0.4, -0.2) is 25.8 Å². The van der Waals surface area contributed by atoms with Crippen LogP contribution in [0.4, 0.5) is 4.39 Å². The smallest absolute Gasteiger partial charge is 0.143 e. The van der Waals surface area contributed by atoms with Gasteiger partial charge in [0.15, 0.2) is 0 Å². The Bertz CT molecular complexity index is 346. The van der Waals surface area contributed by atoms with Crippen molar-refractivity contribution in [3.63, 3.8) is 0 Å². The van der Waals surface area contributed by atoms with Crippen molar-refractivity contribution < 1.29 is 14.2 Å². The summed E-state index contributed by atoms with van der Waals surface area (Å²) in [6.45, 7) is 0.302. The van der Waals surface area contributed by atoms with E-state index in [-0.39, 0.29) is 5.02 Å². The second kappa shape index (κ2) is 5.30. The summed E-state index contributed by atoms with van der Waals surface area (Å²) >= 11 is 5.78. The Balaban J connectivity index is 3.13.